The number of rotatable bonds is 2. The molecule has 0 amide bonds. The molecule has 1 N–H and O–H groups in total. The predicted molar refractivity (Wildman–Crippen MR) is 55.5 cm³/mol. The second-order valence-corrected chi connectivity index (χ2v) is 3.58. The van der Waals surface area contributed by atoms with E-state index in [0.29, 0.717) is 5.69 Å². The van der Waals surface area contributed by atoms with Crippen LogP contribution in [0.4, 0.5) is 0 Å². The van der Waals surface area contributed by atoms with Crippen molar-refractivity contribution in [3.05, 3.63) is 24.0 Å². The van der Waals surface area contributed by atoms with Crippen LogP contribution < -0.4 is 10.1 Å². The lowest BCUT2D eigenvalue weighted by Crippen LogP contribution is -2.37. The summed E-state index contributed by atoms with van der Waals surface area (Å²) in [5.74, 6) is 0.739. The van der Waals surface area contributed by atoms with Gasteiger partial charge in [-0.05, 0) is 31.5 Å². The maximum atomic E-state index is 8.59. The van der Waals surface area contributed by atoms with Crippen LogP contribution in [-0.2, 0) is 0 Å². The summed E-state index contributed by atoms with van der Waals surface area (Å²) in [4.78, 5) is 3.96. The molecule has 1 aromatic rings. The Labute approximate surface area is 88.9 Å². The normalized spacial score (nSPS) is 20.6. The second kappa shape index (κ2) is 4.76. The highest BCUT2D eigenvalue weighted by Crippen LogP contribution is 2.14. The molecule has 0 radical (unpaired) electrons. The number of nitrogens with zero attached hydrogens (tertiary/aromatic N) is 2. The zero-order chi connectivity index (χ0) is 10.5. The van der Waals surface area contributed by atoms with Crippen LogP contribution in [0, 0.1) is 11.3 Å². The topological polar surface area (TPSA) is 57.9 Å². The molecule has 78 valence electrons. The van der Waals surface area contributed by atoms with Gasteiger partial charge in [0.25, 0.3) is 0 Å². The average molecular weight is 203 g/mol. The second-order valence-electron chi connectivity index (χ2n) is 3.58. The molecule has 1 aromatic heterocycles. The van der Waals surface area contributed by atoms with Crippen molar-refractivity contribution < 1.29 is 4.74 Å². The van der Waals surface area contributed by atoms with Crippen LogP contribution in [0.2, 0.25) is 0 Å². The lowest BCUT2D eigenvalue weighted by atomic mass is 10.1. The molecule has 2 rings (SSSR count). The molecule has 0 bridgehead atoms. The first-order valence-electron chi connectivity index (χ1n) is 5.12. The number of nitriles is 1. The SMILES string of the molecule is N#Cc1ccc(O[C@H]2CCCNC2)cn1. The highest BCUT2D eigenvalue weighted by Gasteiger charge is 2.14. The maximum absolute atomic E-state index is 8.59. The lowest BCUT2D eigenvalue weighted by Gasteiger charge is -2.23. The number of hydrogen-bond acceptors (Lipinski definition) is 4. The Bertz CT molecular complexity index is 349. The van der Waals surface area contributed by atoms with Crippen LogP contribution in [0.3, 0.4) is 0 Å². The van der Waals surface area contributed by atoms with Crippen LogP contribution in [0.25, 0.3) is 0 Å². The molecule has 4 nitrogen and oxygen atoms in total. The standard InChI is InChI=1S/C11H13N3O/c12-6-9-3-4-11(8-14-9)15-10-2-1-5-13-7-10/h3-4,8,10,13H,1-2,5,7H2/t10-/m0/s1. The predicted octanol–water partition coefficient (Wildman–Crippen LogP) is 1.08. The molecule has 0 saturated carbocycles. The fourth-order valence-corrected chi connectivity index (χ4v) is 1.63. The van der Waals surface area contributed by atoms with Gasteiger partial charge in [-0.25, -0.2) is 4.98 Å². The number of aromatic nitrogens is 1. The molecule has 1 saturated heterocycles. The van der Waals surface area contributed by atoms with E-state index >= 15 is 0 Å². The van der Waals surface area contributed by atoms with E-state index in [4.69, 9.17) is 10.00 Å². The van der Waals surface area contributed by atoms with Crippen molar-refractivity contribution in [3.63, 3.8) is 0 Å². The lowest BCUT2D eigenvalue weighted by molar-refractivity contribution is 0.166. The van der Waals surface area contributed by atoms with E-state index in [1.165, 1.54) is 0 Å². The van der Waals surface area contributed by atoms with Crippen LogP contribution in [0.5, 0.6) is 5.75 Å². The molecule has 1 aliphatic heterocycles. The number of pyridine rings is 1. The summed E-state index contributed by atoms with van der Waals surface area (Å²) in [6, 6.07) is 5.44. The van der Waals surface area contributed by atoms with Gasteiger partial charge < -0.3 is 10.1 Å². The minimum absolute atomic E-state index is 0.230. The summed E-state index contributed by atoms with van der Waals surface area (Å²) in [7, 11) is 0. The van der Waals surface area contributed by atoms with E-state index in [1.54, 1.807) is 18.3 Å². The van der Waals surface area contributed by atoms with Crippen LogP contribution >= 0.6 is 0 Å². The molecule has 4 heteroatoms. The zero-order valence-corrected chi connectivity index (χ0v) is 8.44. The third kappa shape index (κ3) is 2.67. The molecule has 0 unspecified atom stereocenters. The highest BCUT2D eigenvalue weighted by molar-refractivity contribution is 5.26. The smallest absolute Gasteiger partial charge is 0.140 e. The van der Waals surface area contributed by atoms with Crippen molar-refractivity contribution in [1.29, 1.82) is 5.26 Å². The number of ether oxygens (including phenoxy) is 1. The molecule has 0 aliphatic carbocycles. The summed E-state index contributed by atoms with van der Waals surface area (Å²) < 4.78 is 5.72. The summed E-state index contributed by atoms with van der Waals surface area (Å²) in [6.07, 6.45) is 4.06. The van der Waals surface area contributed by atoms with Gasteiger partial charge in [-0.3, -0.25) is 0 Å². The van der Waals surface area contributed by atoms with Crippen molar-refractivity contribution in [1.82, 2.24) is 10.3 Å². The van der Waals surface area contributed by atoms with E-state index in [2.05, 4.69) is 10.3 Å². The van der Waals surface area contributed by atoms with Gasteiger partial charge in [0, 0.05) is 6.54 Å². The number of piperidine rings is 1. The average Bonchev–Trinajstić information content (AvgIpc) is 2.31. The quantitative estimate of drug-likeness (QED) is 0.781. The first-order valence-corrected chi connectivity index (χ1v) is 5.12. The molecular formula is C11H13N3O. The minimum atomic E-state index is 0.230. The van der Waals surface area contributed by atoms with Gasteiger partial charge >= 0.3 is 0 Å². The van der Waals surface area contributed by atoms with Gasteiger partial charge in [0.2, 0.25) is 0 Å². The summed E-state index contributed by atoms with van der Waals surface area (Å²) >= 11 is 0. The van der Waals surface area contributed by atoms with E-state index < -0.39 is 0 Å². The van der Waals surface area contributed by atoms with Crippen LogP contribution in [0.15, 0.2) is 18.3 Å². The van der Waals surface area contributed by atoms with Crippen molar-refractivity contribution in [3.8, 4) is 11.8 Å². The third-order valence-corrected chi connectivity index (χ3v) is 2.41. The first kappa shape index (κ1) is 9.94. The molecule has 0 spiro atoms. The van der Waals surface area contributed by atoms with Crippen molar-refractivity contribution in [2.45, 2.75) is 18.9 Å². The Morgan fingerprint density at radius 3 is 3.07 bits per heavy atom. The Morgan fingerprint density at radius 2 is 2.47 bits per heavy atom. The van der Waals surface area contributed by atoms with Crippen LogP contribution in [-0.4, -0.2) is 24.2 Å². The fraction of sp³-hybridized carbons (Fsp3) is 0.455. The van der Waals surface area contributed by atoms with Gasteiger partial charge in [0.1, 0.15) is 23.6 Å². The summed E-state index contributed by atoms with van der Waals surface area (Å²) in [6.45, 7) is 1.96. The van der Waals surface area contributed by atoms with E-state index in [0.717, 1.165) is 31.7 Å². The first-order chi connectivity index (χ1) is 7.38. The van der Waals surface area contributed by atoms with Crippen LogP contribution in [0.1, 0.15) is 18.5 Å². The molecule has 1 aliphatic rings. The Kier molecular flexibility index (Phi) is 3.15. The molecule has 2 heterocycles. The van der Waals surface area contributed by atoms with E-state index in [9.17, 15) is 0 Å². The number of hydrogen-bond donors (Lipinski definition) is 1. The largest absolute Gasteiger partial charge is 0.487 e. The Balaban J connectivity index is 1.95. The molecular weight excluding hydrogens is 190 g/mol. The Hall–Kier alpha value is -1.60. The van der Waals surface area contributed by atoms with Gasteiger partial charge in [-0.1, -0.05) is 0 Å². The summed E-state index contributed by atoms with van der Waals surface area (Å²) in [5, 5.41) is 11.9. The van der Waals surface area contributed by atoms with Crippen molar-refractivity contribution in [2.75, 3.05) is 13.1 Å². The van der Waals surface area contributed by atoms with Crippen molar-refractivity contribution in [2.24, 2.45) is 0 Å². The maximum Gasteiger partial charge on any atom is 0.140 e. The molecule has 15 heavy (non-hydrogen) atoms. The van der Waals surface area contributed by atoms with E-state index in [-0.39, 0.29) is 6.10 Å². The summed E-state index contributed by atoms with van der Waals surface area (Å²) in [5.41, 5.74) is 0.420. The van der Waals surface area contributed by atoms with Gasteiger partial charge in [-0.15, -0.1) is 0 Å². The minimum Gasteiger partial charge on any atom is -0.487 e. The number of nitrogens with one attached hydrogen (secondary N) is 1. The molecule has 0 aromatic carbocycles. The third-order valence-electron chi connectivity index (χ3n) is 2.41. The highest BCUT2D eigenvalue weighted by atomic mass is 16.5. The monoisotopic (exact) mass is 203 g/mol. The van der Waals surface area contributed by atoms with Gasteiger partial charge in [-0.2, -0.15) is 5.26 Å². The molecule has 1 atom stereocenters. The van der Waals surface area contributed by atoms with Crippen molar-refractivity contribution >= 4 is 0 Å². The van der Waals surface area contributed by atoms with E-state index in [1.807, 2.05) is 6.07 Å². The van der Waals surface area contributed by atoms with Gasteiger partial charge in [0.05, 0.1) is 6.20 Å². The zero-order valence-electron chi connectivity index (χ0n) is 8.44. The fourth-order valence-electron chi connectivity index (χ4n) is 1.63. The van der Waals surface area contributed by atoms with Gasteiger partial charge in [0.15, 0.2) is 0 Å². The molecule has 1 fully saturated rings. The Morgan fingerprint density at radius 1 is 1.53 bits per heavy atom.